The summed E-state index contributed by atoms with van der Waals surface area (Å²) in [6, 6.07) is 8.02. The number of carbonyl (C=O) groups excluding carboxylic acids is 1. The molecule has 0 aliphatic heterocycles. The van der Waals surface area contributed by atoms with Crippen molar-refractivity contribution in [2.24, 2.45) is 0 Å². The quantitative estimate of drug-likeness (QED) is 0.576. The zero-order chi connectivity index (χ0) is 15.8. The number of benzene rings is 1. The Morgan fingerprint density at radius 2 is 1.76 bits per heavy atom. The normalized spacial score (nSPS) is 10.4. The number of nitrogens with zero attached hydrogens (tertiary/aromatic N) is 1. The first-order valence-corrected chi connectivity index (χ1v) is 7.89. The van der Waals surface area contributed by atoms with Crippen LogP contribution in [0.25, 0.3) is 0 Å². The molecule has 2 heteroatoms. The van der Waals surface area contributed by atoms with Crippen LogP contribution in [0.2, 0.25) is 0 Å². The third-order valence-corrected chi connectivity index (χ3v) is 3.38. The maximum Gasteiger partial charge on any atom is 0.255 e. The average molecular weight is 285 g/mol. The van der Waals surface area contributed by atoms with E-state index in [0.717, 1.165) is 24.8 Å². The Hall–Kier alpha value is -1.75. The van der Waals surface area contributed by atoms with E-state index in [1.54, 1.807) is 0 Å². The highest BCUT2D eigenvalue weighted by Gasteiger charge is 2.22. The van der Waals surface area contributed by atoms with Gasteiger partial charge in [0.1, 0.15) is 0 Å². The van der Waals surface area contributed by atoms with Crippen LogP contribution >= 0.6 is 0 Å². The molecule has 0 spiro atoms. The molecular formula is C19H27NO. The molecule has 0 bridgehead atoms. The molecule has 0 fully saturated rings. The molecule has 0 unspecified atom stereocenters. The molecule has 0 atom stereocenters. The third-order valence-electron chi connectivity index (χ3n) is 3.38. The first-order valence-electron chi connectivity index (χ1n) is 7.89. The first-order chi connectivity index (χ1) is 9.99. The van der Waals surface area contributed by atoms with Crippen molar-refractivity contribution in [3.05, 3.63) is 35.4 Å². The minimum absolute atomic E-state index is 0.0698. The summed E-state index contributed by atoms with van der Waals surface area (Å²) in [5.74, 6) is 6.41. The lowest BCUT2D eigenvalue weighted by molar-refractivity contribution is 0.0643. The Bertz CT molecular complexity index is 512. The van der Waals surface area contributed by atoms with Crippen LogP contribution in [0.3, 0.4) is 0 Å². The molecule has 1 aromatic carbocycles. The van der Waals surface area contributed by atoms with Gasteiger partial charge in [0.15, 0.2) is 0 Å². The number of hydrogen-bond acceptors (Lipinski definition) is 1. The molecule has 0 radical (unpaired) electrons. The van der Waals surface area contributed by atoms with Crippen molar-refractivity contribution in [3.8, 4) is 11.8 Å². The topological polar surface area (TPSA) is 20.3 Å². The van der Waals surface area contributed by atoms with Crippen molar-refractivity contribution in [1.29, 1.82) is 0 Å². The fraction of sp³-hybridized carbons (Fsp3) is 0.526. The lowest BCUT2D eigenvalue weighted by Gasteiger charge is -2.31. The van der Waals surface area contributed by atoms with Gasteiger partial charge in [-0.25, -0.2) is 0 Å². The van der Waals surface area contributed by atoms with Gasteiger partial charge in [-0.3, -0.25) is 4.79 Å². The zero-order valence-electron chi connectivity index (χ0n) is 13.9. The van der Waals surface area contributed by atoms with Crippen LogP contribution < -0.4 is 0 Å². The van der Waals surface area contributed by atoms with Crippen LogP contribution in [0, 0.1) is 11.8 Å². The monoisotopic (exact) mass is 285 g/mol. The SMILES string of the molecule is CCCCC#Cc1ccccc1C(=O)N(C(C)C)C(C)C. The molecule has 0 saturated heterocycles. The van der Waals surface area contributed by atoms with E-state index >= 15 is 0 Å². The van der Waals surface area contributed by atoms with E-state index in [1.165, 1.54) is 0 Å². The molecule has 0 aliphatic carbocycles. The maximum atomic E-state index is 12.8. The maximum absolute atomic E-state index is 12.8. The first kappa shape index (κ1) is 17.3. The van der Waals surface area contributed by atoms with Crippen LogP contribution in [-0.4, -0.2) is 22.9 Å². The Morgan fingerprint density at radius 3 is 2.33 bits per heavy atom. The predicted octanol–water partition coefficient (Wildman–Crippen LogP) is 4.49. The van der Waals surface area contributed by atoms with E-state index in [9.17, 15) is 4.79 Å². The van der Waals surface area contributed by atoms with Gasteiger partial charge in [0.05, 0.1) is 5.56 Å². The highest BCUT2D eigenvalue weighted by molar-refractivity contribution is 5.97. The molecule has 0 heterocycles. The van der Waals surface area contributed by atoms with E-state index in [-0.39, 0.29) is 18.0 Å². The molecule has 0 aromatic heterocycles. The average Bonchev–Trinajstić information content (AvgIpc) is 2.43. The minimum atomic E-state index is 0.0698. The standard InChI is InChI=1S/C19H27NO/c1-6-7-8-9-12-17-13-10-11-14-18(17)19(21)20(15(2)3)16(4)5/h10-11,13-16H,6-8H2,1-5H3. The number of amides is 1. The Labute approximate surface area is 129 Å². The van der Waals surface area contributed by atoms with Crippen LogP contribution in [0.4, 0.5) is 0 Å². The molecule has 0 saturated carbocycles. The van der Waals surface area contributed by atoms with Gasteiger partial charge >= 0.3 is 0 Å². The van der Waals surface area contributed by atoms with Gasteiger partial charge in [-0.1, -0.05) is 37.3 Å². The number of carbonyl (C=O) groups is 1. The summed E-state index contributed by atoms with van der Waals surface area (Å²) in [7, 11) is 0. The van der Waals surface area contributed by atoms with Crippen LogP contribution in [-0.2, 0) is 0 Å². The van der Waals surface area contributed by atoms with E-state index in [4.69, 9.17) is 0 Å². The minimum Gasteiger partial charge on any atom is -0.334 e. The van der Waals surface area contributed by atoms with Crippen molar-refractivity contribution in [2.75, 3.05) is 0 Å². The second kappa shape index (κ2) is 8.52. The lowest BCUT2D eigenvalue weighted by Crippen LogP contribution is -2.42. The van der Waals surface area contributed by atoms with Crippen molar-refractivity contribution in [2.45, 2.75) is 66.0 Å². The van der Waals surface area contributed by atoms with Crippen LogP contribution in [0.5, 0.6) is 0 Å². The summed E-state index contributed by atoms with van der Waals surface area (Å²) in [5, 5.41) is 0. The second-order valence-corrected chi connectivity index (χ2v) is 5.85. The van der Waals surface area contributed by atoms with Gasteiger partial charge < -0.3 is 4.90 Å². The smallest absolute Gasteiger partial charge is 0.255 e. The predicted molar refractivity (Wildman–Crippen MR) is 89.3 cm³/mol. The second-order valence-electron chi connectivity index (χ2n) is 5.85. The lowest BCUT2D eigenvalue weighted by atomic mass is 10.0. The van der Waals surface area contributed by atoms with Gasteiger partial charge in [0.2, 0.25) is 0 Å². The summed E-state index contributed by atoms with van der Waals surface area (Å²) >= 11 is 0. The van der Waals surface area contributed by atoms with Gasteiger partial charge in [0, 0.05) is 24.1 Å². The summed E-state index contributed by atoms with van der Waals surface area (Å²) in [6.45, 7) is 10.4. The molecule has 0 N–H and O–H groups in total. The Morgan fingerprint density at radius 1 is 1.14 bits per heavy atom. The van der Waals surface area contributed by atoms with Crippen molar-refractivity contribution in [3.63, 3.8) is 0 Å². The Balaban J connectivity index is 3.06. The van der Waals surface area contributed by atoms with E-state index < -0.39 is 0 Å². The van der Waals surface area contributed by atoms with E-state index in [2.05, 4.69) is 18.8 Å². The molecular weight excluding hydrogens is 258 g/mol. The fourth-order valence-electron chi connectivity index (χ4n) is 2.41. The molecule has 1 rings (SSSR count). The van der Waals surface area contributed by atoms with Crippen molar-refractivity contribution >= 4 is 5.91 Å². The molecule has 114 valence electrons. The number of rotatable bonds is 5. The van der Waals surface area contributed by atoms with Gasteiger partial charge in [-0.2, -0.15) is 0 Å². The van der Waals surface area contributed by atoms with Crippen molar-refractivity contribution < 1.29 is 4.79 Å². The van der Waals surface area contributed by atoms with E-state index in [1.807, 2.05) is 56.9 Å². The van der Waals surface area contributed by atoms with Gasteiger partial charge in [-0.05, 0) is 46.2 Å². The van der Waals surface area contributed by atoms with Gasteiger partial charge in [-0.15, -0.1) is 0 Å². The van der Waals surface area contributed by atoms with Crippen LogP contribution in [0.1, 0.15) is 69.8 Å². The molecule has 21 heavy (non-hydrogen) atoms. The van der Waals surface area contributed by atoms with E-state index in [0.29, 0.717) is 5.56 Å². The molecule has 1 aromatic rings. The molecule has 2 nitrogen and oxygen atoms in total. The number of unbranched alkanes of at least 4 members (excludes halogenated alkanes) is 2. The van der Waals surface area contributed by atoms with Crippen molar-refractivity contribution in [1.82, 2.24) is 4.90 Å². The summed E-state index contributed by atoms with van der Waals surface area (Å²) in [6.07, 6.45) is 3.13. The number of hydrogen-bond donors (Lipinski definition) is 0. The van der Waals surface area contributed by atoms with Gasteiger partial charge in [0.25, 0.3) is 5.91 Å². The van der Waals surface area contributed by atoms with Crippen LogP contribution in [0.15, 0.2) is 24.3 Å². The fourth-order valence-corrected chi connectivity index (χ4v) is 2.41. The largest absolute Gasteiger partial charge is 0.334 e. The summed E-state index contributed by atoms with van der Waals surface area (Å²) in [4.78, 5) is 14.7. The zero-order valence-corrected chi connectivity index (χ0v) is 13.9. The highest BCUT2D eigenvalue weighted by atomic mass is 16.2. The molecule has 0 aliphatic rings. The summed E-state index contributed by atoms with van der Waals surface area (Å²) in [5.41, 5.74) is 1.55. The summed E-state index contributed by atoms with van der Waals surface area (Å²) < 4.78 is 0. The third kappa shape index (κ3) is 4.93. The molecule has 1 amide bonds. The highest BCUT2D eigenvalue weighted by Crippen LogP contribution is 2.15. The Kier molecular flexibility index (Phi) is 7.02.